The van der Waals surface area contributed by atoms with E-state index in [1.54, 1.807) is 6.20 Å². The Morgan fingerprint density at radius 1 is 1.35 bits per heavy atom. The summed E-state index contributed by atoms with van der Waals surface area (Å²) in [5.41, 5.74) is 5.51. The van der Waals surface area contributed by atoms with Crippen LogP contribution >= 0.6 is 15.9 Å². The highest BCUT2D eigenvalue weighted by Gasteiger charge is 2.19. The zero-order chi connectivity index (χ0) is 12.3. The van der Waals surface area contributed by atoms with Crippen LogP contribution in [0.4, 0.5) is 10.2 Å². The first kappa shape index (κ1) is 12.7. The van der Waals surface area contributed by atoms with Crippen molar-refractivity contribution in [3.63, 3.8) is 0 Å². The SMILES string of the molecule is NCCN1CCN(c2ncc(Br)cc2F)CC1. The molecule has 0 saturated carbocycles. The number of nitrogens with two attached hydrogens (primary N) is 1. The molecule has 2 N–H and O–H groups in total. The molecule has 0 aliphatic carbocycles. The van der Waals surface area contributed by atoms with E-state index in [-0.39, 0.29) is 5.82 Å². The van der Waals surface area contributed by atoms with E-state index in [0.29, 0.717) is 16.8 Å². The molecule has 94 valence electrons. The van der Waals surface area contributed by atoms with Crippen LogP contribution in [0.15, 0.2) is 16.7 Å². The summed E-state index contributed by atoms with van der Waals surface area (Å²) < 4.78 is 14.4. The lowest BCUT2D eigenvalue weighted by Crippen LogP contribution is -2.48. The number of nitrogens with zero attached hydrogens (tertiary/aromatic N) is 3. The number of hydrogen-bond acceptors (Lipinski definition) is 4. The summed E-state index contributed by atoms with van der Waals surface area (Å²) in [5.74, 6) is 0.173. The second-order valence-corrected chi connectivity index (χ2v) is 4.99. The van der Waals surface area contributed by atoms with Gasteiger partial charge in [-0.1, -0.05) is 0 Å². The number of piperazine rings is 1. The van der Waals surface area contributed by atoms with E-state index >= 15 is 0 Å². The monoisotopic (exact) mass is 302 g/mol. The van der Waals surface area contributed by atoms with E-state index in [1.165, 1.54) is 6.07 Å². The highest BCUT2D eigenvalue weighted by Crippen LogP contribution is 2.20. The Kier molecular flexibility index (Phi) is 4.31. The van der Waals surface area contributed by atoms with Crippen LogP contribution in [0.2, 0.25) is 0 Å². The summed E-state index contributed by atoms with van der Waals surface area (Å²) in [5, 5.41) is 0. The van der Waals surface area contributed by atoms with E-state index in [1.807, 2.05) is 4.90 Å². The zero-order valence-corrected chi connectivity index (χ0v) is 11.2. The number of anilines is 1. The van der Waals surface area contributed by atoms with Crippen LogP contribution in [0.3, 0.4) is 0 Å². The minimum absolute atomic E-state index is 0.272. The molecular formula is C11H16BrFN4. The van der Waals surface area contributed by atoms with Crippen LogP contribution in [0.5, 0.6) is 0 Å². The Labute approximate surface area is 109 Å². The van der Waals surface area contributed by atoms with Crippen molar-refractivity contribution in [2.24, 2.45) is 5.73 Å². The predicted molar refractivity (Wildman–Crippen MR) is 69.6 cm³/mol. The second-order valence-electron chi connectivity index (χ2n) is 4.08. The van der Waals surface area contributed by atoms with Gasteiger partial charge in [0.2, 0.25) is 0 Å². The van der Waals surface area contributed by atoms with Gasteiger partial charge in [0.1, 0.15) is 0 Å². The van der Waals surface area contributed by atoms with Crippen LogP contribution in [0, 0.1) is 5.82 Å². The quantitative estimate of drug-likeness (QED) is 0.907. The molecule has 6 heteroatoms. The van der Waals surface area contributed by atoms with Gasteiger partial charge in [-0.05, 0) is 22.0 Å². The Bertz CT molecular complexity index is 380. The van der Waals surface area contributed by atoms with Crippen LogP contribution < -0.4 is 10.6 Å². The third kappa shape index (κ3) is 3.14. The number of aromatic nitrogens is 1. The maximum atomic E-state index is 13.7. The number of halogens is 2. The molecule has 2 heterocycles. The number of hydrogen-bond donors (Lipinski definition) is 1. The van der Waals surface area contributed by atoms with Crippen LogP contribution in [-0.2, 0) is 0 Å². The molecule has 1 aliphatic heterocycles. The smallest absolute Gasteiger partial charge is 0.166 e. The first-order valence-electron chi connectivity index (χ1n) is 5.69. The minimum atomic E-state index is -0.272. The Hall–Kier alpha value is -0.720. The zero-order valence-electron chi connectivity index (χ0n) is 9.57. The Balaban J connectivity index is 2.00. The molecule has 0 radical (unpaired) electrons. The van der Waals surface area contributed by atoms with Crippen molar-refractivity contribution in [3.8, 4) is 0 Å². The molecule has 2 rings (SSSR count). The van der Waals surface area contributed by atoms with Gasteiger partial charge in [-0.3, -0.25) is 4.90 Å². The van der Waals surface area contributed by atoms with Crippen molar-refractivity contribution in [2.45, 2.75) is 0 Å². The van der Waals surface area contributed by atoms with Gasteiger partial charge in [0, 0.05) is 49.9 Å². The lowest BCUT2D eigenvalue weighted by atomic mass is 10.3. The Morgan fingerprint density at radius 3 is 2.65 bits per heavy atom. The highest BCUT2D eigenvalue weighted by atomic mass is 79.9. The van der Waals surface area contributed by atoms with E-state index in [2.05, 4.69) is 25.8 Å². The summed E-state index contributed by atoms with van der Waals surface area (Å²) >= 11 is 3.21. The molecule has 4 nitrogen and oxygen atoms in total. The summed E-state index contributed by atoms with van der Waals surface area (Å²) in [6.45, 7) is 4.99. The second kappa shape index (κ2) is 5.75. The van der Waals surface area contributed by atoms with Gasteiger partial charge in [-0.15, -0.1) is 0 Å². The first-order valence-corrected chi connectivity index (χ1v) is 6.48. The largest absolute Gasteiger partial charge is 0.352 e. The van der Waals surface area contributed by atoms with Crippen molar-refractivity contribution >= 4 is 21.7 Å². The third-order valence-electron chi connectivity index (χ3n) is 2.91. The van der Waals surface area contributed by atoms with E-state index < -0.39 is 0 Å². The molecule has 0 amide bonds. The summed E-state index contributed by atoms with van der Waals surface area (Å²) in [7, 11) is 0. The van der Waals surface area contributed by atoms with Crippen LogP contribution in [-0.4, -0.2) is 49.2 Å². The van der Waals surface area contributed by atoms with Gasteiger partial charge in [-0.25, -0.2) is 9.37 Å². The predicted octanol–water partition coefficient (Wildman–Crippen LogP) is 1.06. The summed E-state index contributed by atoms with van der Waals surface area (Å²) in [4.78, 5) is 8.40. The van der Waals surface area contributed by atoms with Gasteiger partial charge in [0.25, 0.3) is 0 Å². The fourth-order valence-corrected chi connectivity index (χ4v) is 2.31. The molecular weight excluding hydrogens is 287 g/mol. The lowest BCUT2D eigenvalue weighted by molar-refractivity contribution is 0.263. The van der Waals surface area contributed by atoms with Crippen molar-refractivity contribution in [1.29, 1.82) is 0 Å². The minimum Gasteiger partial charge on any atom is -0.352 e. The molecule has 1 aromatic heterocycles. The molecule has 17 heavy (non-hydrogen) atoms. The summed E-state index contributed by atoms with van der Waals surface area (Å²) in [6, 6.07) is 1.45. The lowest BCUT2D eigenvalue weighted by Gasteiger charge is -2.35. The van der Waals surface area contributed by atoms with Crippen molar-refractivity contribution < 1.29 is 4.39 Å². The van der Waals surface area contributed by atoms with Gasteiger partial charge in [-0.2, -0.15) is 0 Å². The summed E-state index contributed by atoms with van der Waals surface area (Å²) in [6.07, 6.45) is 1.63. The fraction of sp³-hybridized carbons (Fsp3) is 0.545. The van der Waals surface area contributed by atoms with E-state index in [9.17, 15) is 4.39 Å². The molecule has 0 atom stereocenters. The normalized spacial score (nSPS) is 17.5. The molecule has 0 spiro atoms. The topological polar surface area (TPSA) is 45.4 Å². The number of pyridine rings is 1. The van der Waals surface area contributed by atoms with Gasteiger partial charge < -0.3 is 10.6 Å². The number of rotatable bonds is 3. The average molecular weight is 303 g/mol. The van der Waals surface area contributed by atoms with Crippen molar-refractivity contribution in [2.75, 3.05) is 44.2 Å². The van der Waals surface area contributed by atoms with Gasteiger partial charge in [0.05, 0.1) is 0 Å². The molecule has 0 aromatic carbocycles. The van der Waals surface area contributed by atoms with Gasteiger partial charge >= 0.3 is 0 Å². The molecule has 0 bridgehead atoms. The Morgan fingerprint density at radius 2 is 2.06 bits per heavy atom. The molecule has 1 aliphatic rings. The van der Waals surface area contributed by atoms with Gasteiger partial charge in [0.15, 0.2) is 11.6 Å². The maximum absolute atomic E-state index is 13.7. The highest BCUT2D eigenvalue weighted by molar-refractivity contribution is 9.10. The van der Waals surface area contributed by atoms with Crippen LogP contribution in [0.25, 0.3) is 0 Å². The van der Waals surface area contributed by atoms with E-state index in [0.717, 1.165) is 32.7 Å². The van der Waals surface area contributed by atoms with Crippen molar-refractivity contribution in [3.05, 3.63) is 22.6 Å². The van der Waals surface area contributed by atoms with E-state index in [4.69, 9.17) is 5.73 Å². The maximum Gasteiger partial charge on any atom is 0.166 e. The molecule has 0 unspecified atom stereocenters. The third-order valence-corrected chi connectivity index (χ3v) is 3.34. The molecule has 1 fully saturated rings. The standard InChI is InChI=1S/C11H16BrFN4/c12-9-7-10(13)11(15-8-9)17-5-3-16(2-1-14)4-6-17/h7-8H,1-6,14H2. The molecule has 1 aromatic rings. The van der Waals surface area contributed by atoms with Crippen molar-refractivity contribution in [1.82, 2.24) is 9.88 Å². The van der Waals surface area contributed by atoms with Crippen LogP contribution in [0.1, 0.15) is 0 Å². The fourth-order valence-electron chi connectivity index (χ4n) is 2.01. The first-order chi connectivity index (χ1) is 8.20. The average Bonchev–Trinajstić information content (AvgIpc) is 2.31. The molecule has 1 saturated heterocycles.